The smallest absolute Gasteiger partial charge is 0.251 e. The first-order valence-corrected chi connectivity index (χ1v) is 8.61. The van der Waals surface area contributed by atoms with Crippen molar-refractivity contribution in [2.24, 2.45) is 5.92 Å². The number of piperidine rings is 2. The molecule has 0 aromatic rings. The van der Waals surface area contributed by atoms with Gasteiger partial charge in [0.2, 0.25) is 11.8 Å². The maximum absolute atomic E-state index is 13.2. The number of nitrogens with one attached hydrogen (secondary N) is 1. The van der Waals surface area contributed by atoms with Gasteiger partial charge in [0.15, 0.2) is 0 Å². The number of nitrogens with zero attached hydrogens (tertiary/aromatic N) is 2. The highest BCUT2D eigenvalue weighted by Crippen LogP contribution is 2.29. The molecule has 3 fully saturated rings. The maximum Gasteiger partial charge on any atom is 0.251 e. The molecule has 3 rings (SSSR count). The van der Waals surface area contributed by atoms with Crippen LogP contribution in [-0.2, 0) is 9.59 Å². The van der Waals surface area contributed by atoms with Gasteiger partial charge in [-0.05, 0) is 38.8 Å². The van der Waals surface area contributed by atoms with E-state index in [0.717, 1.165) is 25.9 Å². The second-order valence-electron chi connectivity index (χ2n) is 7.07. The van der Waals surface area contributed by atoms with E-state index >= 15 is 0 Å². The van der Waals surface area contributed by atoms with Crippen LogP contribution in [0.25, 0.3) is 0 Å². The highest BCUT2D eigenvalue weighted by molar-refractivity contribution is 5.80. The molecular formula is C16H25F2N3O2. The van der Waals surface area contributed by atoms with Gasteiger partial charge < -0.3 is 10.2 Å². The first-order chi connectivity index (χ1) is 10.9. The van der Waals surface area contributed by atoms with Crippen LogP contribution in [0.4, 0.5) is 8.78 Å². The Balaban J connectivity index is 1.39. The van der Waals surface area contributed by atoms with Crippen LogP contribution in [-0.4, -0.2) is 66.3 Å². The molecule has 0 aromatic carbocycles. The molecule has 2 saturated heterocycles. The molecule has 1 aliphatic carbocycles. The van der Waals surface area contributed by atoms with Gasteiger partial charge in [0.05, 0.1) is 6.54 Å². The van der Waals surface area contributed by atoms with Crippen molar-refractivity contribution in [1.29, 1.82) is 0 Å². The van der Waals surface area contributed by atoms with Crippen molar-refractivity contribution >= 4 is 11.8 Å². The summed E-state index contributed by atoms with van der Waals surface area (Å²) in [5.41, 5.74) is 0. The Hall–Kier alpha value is -1.24. The minimum Gasteiger partial charge on any atom is -0.352 e. The summed E-state index contributed by atoms with van der Waals surface area (Å²) in [6, 6.07) is 0.374. The van der Waals surface area contributed by atoms with E-state index in [9.17, 15) is 18.4 Å². The van der Waals surface area contributed by atoms with Gasteiger partial charge in [0, 0.05) is 37.9 Å². The van der Waals surface area contributed by atoms with Crippen molar-refractivity contribution in [3.8, 4) is 0 Å². The molecule has 0 spiro atoms. The van der Waals surface area contributed by atoms with Crippen LogP contribution in [0.15, 0.2) is 0 Å². The summed E-state index contributed by atoms with van der Waals surface area (Å²) in [5, 5.41) is 2.97. The van der Waals surface area contributed by atoms with Crippen molar-refractivity contribution in [1.82, 2.24) is 15.1 Å². The lowest BCUT2D eigenvalue weighted by Crippen LogP contribution is -2.48. The zero-order valence-electron chi connectivity index (χ0n) is 13.4. The quantitative estimate of drug-likeness (QED) is 0.844. The molecule has 2 heterocycles. The number of halogens is 2. The van der Waals surface area contributed by atoms with E-state index in [1.54, 1.807) is 4.90 Å². The first kappa shape index (κ1) is 16.6. The largest absolute Gasteiger partial charge is 0.352 e. The molecule has 130 valence electrons. The van der Waals surface area contributed by atoms with Gasteiger partial charge in [-0.15, -0.1) is 0 Å². The van der Waals surface area contributed by atoms with Crippen LogP contribution in [0.5, 0.6) is 0 Å². The Morgan fingerprint density at radius 3 is 2.17 bits per heavy atom. The van der Waals surface area contributed by atoms with Gasteiger partial charge in [-0.2, -0.15) is 0 Å². The second-order valence-corrected chi connectivity index (χ2v) is 7.07. The third-order valence-corrected chi connectivity index (χ3v) is 5.05. The number of hydrogen-bond acceptors (Lipinski definition) is 3. The molecule has 23 heavy (non-hydrogen) atoms. The SMILES string of the molecule is O=C(CN1CCC(C(=O)N2CCC(F)(F)CC2)CC1)NC1CC1. The Kier molecular flexibility index (Phi) is 4.85. The average molecular weight is 329 g/mol. The van der Waals surface area contributed by atoms with Crippen molar-refractivity contribution in [3.05, 3.63) is 0 Å². The molecule has 1 N–H and O–H groups in total. The van der Waals surface area contributed by atoms with Crippen molar-refractivity contribution < 1.29 is 18.4 Å². The van der Waals surface area contributed by atoms with Gasteiger partial charge in [-0.3, -0.25) is 14.5 Å². The Morgan fingerprint density at radius 1 is 1.00 bits per heavy atom. The van der Waals surface area contributed by atoms with Gasteiger partial charge in [0.25, 0.3) is 5.92 Å². The van der Waals surface area contributed by atoms with E-state index in [1.807, 2.05) is 0 Å². The lowest BCUT2D eigenvalue weighted by molar-refractivity contribution is -0.143. The third-order valence-electron chi connectivity index (χ3n) is 5.05. The van der Waals surface area contributed by atoms with Crippen molar-refractivity contribution in [2.45, 2.75) is 50.5 Å². The molecule has 2 amide bonds. The van der Waals surface area contributed by atoms with Crippen LogP contribution in [0.3, 0.4) is 0 Å². The highest BCUT2D eigenvalue weighted by atomic mass is 19.3. The summed E-state index contributed by atoms with van der Waals surface area (Å²) in [6.45, 7) is 2.16. The van der Waals surface area contributed by atoms with Gasteiger partial charge in [0.1, 0.15) is 0 Å². The molecule has 0 radical (unpaired) electrons. The number of alkyl halides is 2. The summed E-state index contributed by atoms with van der Waals surface area (Å²) in [5.74, 6) is -2.61. The van der Waals surface area contributed by atoms with Crippen LogP contribution in [0.2, 0.25) is 0 Å². The second kappa shape index (κ2) is 6.71. The normalized spacial score (nSPS) is 26.1. The third kappa shape index (κ3) is 4.62. The number of carbonyl (C=O) groups is 2. The molecule has 2 aliphatic heterocycles. The molecule has 3 aliphatic rings. The molecule has 1 saturated carbocycles. The summed E-state index contributed by atoms with van der Waals surface area (Å²) < 4.78 is 26.3. The summed E-state index contributed by atoms with van der Waals surface area (Å²) >= 11 is 0. The van der Waals surface area contributed by atoms with Crippen molar-refractivity contribution in [3.63, 3.8) is 0 Å². The van der Waals surface area contributed by atoms with Crippen molar-refractivity contribution in [2.75, 3.05) is 32.7 Å². The lowest BCUT2D eigenvalue weighted by atomic mass is 9.94. The molecular weight excluding hydrogens is 304 g/mol. The first-order valence-electron chi connectivity index (χ1n) is 8.61. The summed E-state index contributed by atoms with van der Waals surface area (Å²) in [6.07, 6.45) is 3.14. The summed E-state index contributed by atoms with van der Waals surface area (Å²) in [7, 11) is 0. The number of carbonyl (C=O) groups excluding carboxylic acids is 2. The van der Waals surface area contributed by atoms with Crippen LogP contribution in [0.1, 0.15) is 38.5 Å². The highest BCUT2D eigenvalue weighted by Gasteiger charge is 2.38. The standard InChI is InChI=1S/C16H25F2N3O2/c17-16(18)5-9-21(10-6-16)15(23)12-3-7-20(8-4-12)11-14(22)19-13-1-2-13/h12-13H,1-11H2,(H,19,22). The molecule has 7 heteroatoms. The van der Waals surface area contributed by atoms with Crippen LogP contribution >= 0.6 is 0 Å². The van der Waals surface area contributed by atoms with E-state index < -0.39 is 5.92 Å². The Labute approximate surface area is 135 Å². The van der Waals surface area contributed by atoms with E-state index in [4.69, 9.17) is 0 Å². The maximum atomic E-state index is 13.2. The number of hydrogen-bond donors (Lipinski definition) is 1. The van der Waals surface area contributed by atoms with E-state index in [1.165, 1.54) is 0 Å². The average Bonchev–Trinajstić information content (AvgIpc) is 3.31. The van der Waals surface area contributed by atoms with E-state index in [0.29, 0.717) is 25.4 Å². The van der Waals surface area contributed by atoms with Gasteiger partial charge in [-0.25, -0.2) is 8.78 Å². The van der Waals surface area contributed by atoms with Crippen LogP contribution < -0.4 is 5.32 Å². The topological polar surface area (TPSA) is 52.7 Å². The number of likely N-dealkylation sites (tertiary alicyclic amines) is 2. The zero-order chi connectivity index (χ0) is 16.4. The fraction of sp³-hybridized carbons (Fsp3) is 0.875. The minimum atomic E-state index is -2.62. The fourth-order valence-corrected chi connectivity index (χ4v) is 3.35. The number of rotatable bonds is 4. The summed E-state index contributed by atoms with van der Waals surface area (Å²) in [4.78, 5) is 27.9. The molecule has 0 unspecified atom stereocenters. The predicted octanol–water partition coefficient (Wildman–Crippen LogP) is 1.23. The number of amides is 2. The Morgan fingerprint density at radius 2 is 1.61 bits per heavy atom. The zero-order valence-corrected chi connectivity index (χ0v) is 13.4. The fourth-order valence-electron chi connectivity index (χ4n) is 3.35. The molecule has 0 bridgehead atoms. The van der Waals surface area contributed by atoms with Crippen LogP contribution in [0, 0.1) is 5.92 Å². The minimum absolute atomic E-state index is 0.0163. The van der Waals surface area contributed by atoms with E-state index in [2.05, 4.69) is 10.2 Å². The lowest BCUT2D eigenvalue weighted by Gasteiger charge is -2.37. The Bertz CT molecular complexity index is 450. The van der Waals surface area contributed by atoms with Gasteiger partial charge in [-0.1, -0.05) is 0 Å². The molecule has 0 aromatic heterocycles. The molecule has 5 nitrogen and oxygen atoms in total. The monoisotopic (exact) mass is 329 g/mol. The van der Waals surface area contributed by atoms with E-state index in [-0.39, 0.29) is 43.7 Å². The predicted molar refractivity (Wildman–Crippen MR) is 81.1 cm³/mol. The molecule has 0 atom stereocenters. The van der Waals surface area contributed by atoms with Gasteiger partial charge >= 0.3 is 0 Å².